The maximum Gasteiger partial charge on any atom is 0.162 e. The van der Waals surface area contributed by atoms with Crippen molar-refractivity contribution < 1.29 is 14.6 Å². The quantitative estimate of drug-likeness (QED) is 0.848. The van der Waals surface area contributed by atoms with Crippen molar-refractivity contribution in [2.75, 3.05) is 38.2 Å². The number of carbonyl (C=O) groups excluding carboxylic acids is 1. The monoisotopic (exact) mass is 340 g/mol. The number of benzene rings is 2. The predicted octanol–water partition coefficient (Wildman–Crippen LogP) is 2.84. The van der Waals surface area contributed by atoms with E-state index in [4.69, 9.17) is 4.74 Å². The number of nitrogens with zero attached hydrogens (tertiary/aromatic N) is 2. The van der Waals surface area contributed by atoms with Crippen LogP contribution < -0.4 is 9.64 Å². The van der Waals surface area contributed by atoms with E-state index in [-0.39, 0.29) is 5.75 Å². The van der Waals surface area contributed by atoms with Crippen LogP contribution in [0.4, 0.5) is 5.69 Å². The van der Waals surface area contributed by atoms with Crippen molar-refractivity contribution in [3.05, 3.63) is 53.1 Å². The molecule has 1 saturated heterocycles. The van der Waals surface area contributed by atoms with Gasteiger partial charge in [-0.15, -0.1) is 0 Å². The van der Waals surface area contributed by atoms with Crippen molar-refractivity contribution in [2.45, 2.75) is 13.5 Å². The number of rotatable bonds is 5. The molecule has 1 heterocycles. The second-order valence-corrected chi connectivity index (χ2v) is 6.40. The summed E-state index contributed by atoms with van der Waals surface area (Å²) < 4.78 is 5.17. The van der Waals surface area contributed by atoms with Gasteiger partial charge in [-0.25, -0.2) is 0 Å². The fourth-order valence-electron chi connectivity index (χ4n) is 3.34. The van der Waals surface area contributed by atoms with Gasteiger partial charge in [-0.1, -0.05) is 18.2 Å². The van der Waals surface area contributed by atoms with Gasteiger partial charge in [0.1, 0.15) is 6.29 Å². The molecule has 1 fully saturated rings. The fraction of sp³-hybridized carbons (Fsp3) is 0.350. The molecule has 0 aliphatic carbocycles. The van der Waals surface area contributed by atoms with Crippen LogP contribution in [0.3, 0.4) is 0 Å². The maximum absolute atomic E-state index is 11.1. The minimum Gasteiger partial charge on any atom is -0.504 e. The predicted molar refractivity (Wildman–Crippen MR) is 98.7 cm³/mol. The Hall–Kier alpha value is -2.53. The van der Waals surface area contributed by atoms with Gasteiger partial charge in [0, 0.05) is 49.5 Å². The first-order valence-corrected chi connectivity index (χ1v) is 8.50. The zero-order chi connectivity index (χ0) is 17.8. The summed E-state index contributed by atoms with van der Waals surface area (Å²) in [5, 5.41) is 10.3. The third-order valence-electron chi connectivity index (χ3n) is 4.75. The van der Waals surface area contributed by atoms with Crippen LogP contribution >= 0.6 is 0 Å². The van der Waals surface area contributed by atoms with Crippen LogP contribution in [0.15, 0.2) is 36.4 Å². The smallest absolute Gasteiger partial charge is 0.162 e. The van der Waals surface area contributed by atoms with Gasteiger partial charge in [0.15, 0.2) is 11.5 Å². The van der Waals surface area contributed by atoms with Crippen LogP contribution in [-0.4, -0.2) is 49.6 Å². The molecule has 2 aromatic carbocycles. The molecule has 0 aromatic heterocycles. The van der Waals surface area contributed by atoms with Gasteiger partial charge in [-0.2, -0.15) is 0 Å². The third kappa shape index (κ3) is 3.77. The van der Waals surface area contributed by atoms with Crippen molar-refractivity contribution in [2.24, 2.45) is 0 Å². The number of anilines is 1. The summed E-state index contributed by atoms with van der Waals surface area (Å²) in [5.41, 5.74) is 3.82. The Labute approximate surface area is 148 Å². The van der Waals surface area contributed by atoms with Gasteiger partial charge in [0.2, 0.25) is 0 Å². The number of para-hydroxylation sites is 1. The van der Waals surface area contributed by atoms with E-state index in [1.807, 2.05) is 0 Å². The Morgan fingerprint density at radius 3 is 2.52 bits per heavy atom. The maximum atomic E-state index is 11.1. The Bertz CT molecular complexity index is 753. The van der Waals surface area contributed by atoms with Crippen molar-refractivity contribution in [3.8, 4) is 11.5 Å². The van der Waals surface area contributed by atoms with Crippen LogP contribution in [0.1, 0.15) is 21.5 Å². The van der Waals surface area contributed by atoms with E-state index < -0.39 is 0 Å². The molecule has 3 rings (SSSR count). The van der Waals surface area contributed by atoms with E-state index in [1.165, 1.54) is 18.4 Å². The molecule has 0 spiro atoms. The molecule has 1 N–H and O–H groups in total. The molecule has 0 bridgehead atoms. The summed E-state index contributed by atoms with van der Waals surface area (Å²) in [7, 11) is 1.49. The fourth-order valence-corrected chi connectivity index (χ4v) is 3.34. The molecule has 25 heavy (non-hydrogen) atoms. The molecule has 0 amide bonds. The van der Waals surface area contributed by atoms with Crippen LogP contribution in [0.25, 0.3) is 0 Å². The van der Waals surface area contributed by atoms with Crippen LogP contribution in [0.2, 0.25) is 0 Å². The Balaban J connectivity index is 1.68. The molecular weight excluding hydrogens is 316 g/mol. The van der Waals surface area contributed by atoms with Gasteiger partial charge in [-0.3, -0.25) is 9.69 Å². The standard InChI is InChI=1S/C20H24N2O3/c1-15-5-3-4-6-18(15)22-9-7-21(8-10-22)13-17-11-16(14-23)12-19(25-2)20(17)24/h3-6,11-12,14,24H,7-10,13H2,1-2H3. The number of carbonyl (C=O) groups is 1. The molecule has 5 heteroatoms. The summed E-state index contributed by atoms with van der Waals surface area (Å²) in [6.07, 6.45) is 0.779. The molecule has 1 aliphatic heterocycles. The average molecular weight is 340 g/mol. The van der Waals surface area contributed by atoms with Gasteiger partial charge in [-0.05, 0) is 30.7 Å². The number of phenolic OH excluding ortho intramolecular Hbond substituents is 1. The lowest BCUT2D eigenvalue weighted by atomic mass is 10.1. The minimum absolute atomic E-state index is 0.120. The number of aryl methyl sites for hydroxylation is 1. The number of piperazine rings is 1. The van der Waals surface area contributed by atoms with Crippen LogP contribution in [0.5, 0.6) is 11.5 Å². The Morgan fingerprint density at radius 1 is 1.16 bits per heavy atom. The van der Waals surface area contributed by atoms with Crippen molar-refractivity contribution >= 4 is 12.0 Å². The summed E-state index contributed by atoms with van der Waals surface area (Å²) in [5.74, 6) is 0.465. The zero-order valence-electron chi connectivity index (χ0n) is 14.7. The number of hydrogen-bond donors (Lipinski definition) is 1. The SMILES string of the molecule is COc1cc(C=O)cc(CN2CCN(c3ccccc3C)CC2)c1O. The Kier molecular flexibility index (Phi) is 5.24. The van der Waals surface area contributed by atoms with E-state index in [1.54, 1.807) is 12.1 Å². The molecule has 1 aliphatic rings. The lowest BCUT2D eigenvalue weighted by Gasteiger charge is -2.37. The highest BCUT2D eigenvalue weighted by Crippen LogP contribution is 2.32. The largest absolute Gasteiger partial charge is 0.504 e. The lowest BCUT2D eigenvalue weighted by Crippen LogP contribution is -2.46. The molecule has 0 atom stereocenters. The normalized spacial score (nSPS) is 15.2. The first-order valence-electron chi connectivity index (χ1n) is 8.50. The van der Waals surface area contributed by atoms with Gasteiger partial charge < -0.3 is 14.7 Å². The number of hydrogen-bond acceptors (Lipinski definition) is 5. The average Bonchev–Trinajstić information content (AvgIpc) is 2.64. The van der Waals surface area contributed by atoms with E-state index >= 15 is 0 Å². The van der Waals surface area contributed by atoms with E-state index in [9.17, 15) is 9.90 Å². The first kappa shape index (κ1) is 17.3. The highest BCUT2D eigenvalue weighted by atomic mass is 16.5. The number of phenols is 1. The van der Waals surface area contributed by atoms with Crippen molar-refractivity contribution in [3.63, 3.8) is 0 Å². The van der Waals surface area contributed by atoms with Gasteiger partial charge in [0.25, 0.3) is 0 Å². The topological polar surface area (TPSA) is 53.0 Å². The highest BCUT2D eigenvalue weighted by Gasteiger charge is 2.20. The first-order chi connectivity index (χ1) is 12.1. The number of methoxy groups -OCH3 is 1. The minimum atomic E-state index is 0.120. The van der Waals surface area contributed by atoms with E-state index in [0.717, 1.165) is 38.0 Å². The summed E-state index contributed by atoms with van der Waals surface area (Å²) in [4.78, 5) is 15.8. The van der Waals surface area contributed by atoms with Crippen molar-refractivity contribution in [1.82, 2.24) is 4.90 Å². The summed E-state index contributed by atoms with van der Waals surface area (Å²) >= 11 is 0. The molecule has 2 aromatic rings. The van der Waals surface area contributed by atoms with E-state index in [2.05, 4.69) is 41.0 Å². The molecule has 5 nitrogen and oxygen atoms in total. The lowest BCUT2D eigenvalue weighted by molar-refractivity contribution is 0.112. The zero-order valence-corrected chi connectivity index (χ0v) is 14.7. The third-order valence-corrected chi connectivity index (χ3v) is 4.75. The van der Waals surface area contributed by atoms with Gasteiger partial charge >= 0.3 is 0 Å². The number of ether oxygens (including phenoxy) is 1. The Morgan fingerprint density at radius 2 is 1.88 bits per heavy atom. The number of aromatic hydroxyl groups is 1. The van der Waals surface area contributed by atoms with E-state index in [0.29, 0.717) is 17.9 Å². The number of aldehydes is 1. The molecule has 132 valence electrons. The van der Waals surface area contributed by atoms with Gasteiger partial charge in [0.05, 0.1) is 7.11 Å². The van der Waals surface area contributed by atoms with Crippen LogP contribution in [0, 0.1) is 6.92 Å². The molecule has 0 radical (unpaired) electrons. The summed E-state index contributed by atoms with van der Waals surface area (Å²) in [6, 6.07) is 11.7. The molecule has 0 saturated carbocycles. The second kappa shape index (κ2) is 7.57. The van der Waals surface area contributed by atoms with Crippen LogP contribution in [-0.2, 0) is 6.54 Å². The molecule has 0 unspecified atom stereocenters. The van der Waals surface area contributed by atoms with Crippen molar-refractivity contribution in [1.29, 1.82) is 0 Å². The second-order valence-electron chi connectivity index (χ2n) is 6.40. The summed E-state index contributed by atoms with van der Waals surface area (Å²) in [6.45, 7) is 6.43. The highest BCUT2D eigenvalue weighted by molar-refractivity contribution is 5.77. The molecular formula is C20H24N2O3.